The summed E-state index contributed by atoms with van der Waals surface area (Å²) in [6.45, 7) is 0. The van der Waals surface area contributed by atoms with Crippen LogP contribution in [-0.2, 0) is 0 Å². The van der Waals surface area contributed by atoms with Crippen LogP contribution in [0.4, 0.5) is 0 Å². The molecule has 0 aliphatic heterocycles. The molecule has 1 aromatic rings. The molecule has 7 heteroatoms. The van der Waals surface area contributed by atoms with E-state index in [4.69, 9.17) is 58.0 Å². The quantitative estimate of drug-likeness (QED) is 0.418. The average Bonchev–Trinajstić information content (AvgIpc) is 2.08. The van der Waals surface area contributed by atoms with Crippen molar-refractivity contribution in [3.05, 3.63) is 25.1 Å². The largest absolute Gasteiger partial charge is 0.505 e. The van der Waals surface area contributed by atoms with Gasteiger partial charge in [-0.3, -0.25) is 0 Å². The summed E-state index contributed by atoms with van der Waals surface area (Å²) in [7, 11) is 0. The summed E-state index contributed by atoms with van der Waals surface area (Å²) < 4.78 is 0. The van der Waals surface area contributed by atoms with Gasteiger partial charge in [0.1, 0.15) is 10.0 Å². The van der Waals surface area contributed by atoms with Crippen molar-refractivity contribution in [3.63, 3.8) is 0 Å². The summed E-state index contributed by atoms with van der Waals surface area (Å²) in [5.74, 6) is -0.363. The molecule has 1 atom stereocenters. The van der Waals surface area contributed by atoms with E-state index in [1.807, 2.05) is 0 Å². The Morgan fingerprint density at radius 1 is 0.615 bits per heavy atom. The van der Waals surface area contributed by atoms with Gasteiger partial charge in [-0.05, 0) is 0 Å². The van der Waals surface area contributed by atoms with E-state index in [0.717, 1.165) is 0 Å². The van der Waals surface area contributed by atoms with Crippen LogP contribution in [0, 0.1) is 0 Å². The van der Waals surface area contributed by atoms with Crippen LogP contribution in [0.3, 0.4) is 0 Å². The maximum Gasteiger partial charge on any atom is 0.155 e. The Bertz CT molecular complexity index is 235. The normalized spacial score (nSPS) is 9.62. The predicted molar refractivity (Wildman–Crippen MR) is 64.3 cm³/mol. The third-order valence-electron chi connectivity index (χ3n) is 1.19. The zero-order valence-electron chi connectivity index (χ0n) is 6.04. The molecule has 0 aliphatic rings. The lowest BCUT2D eigenvalue weighted by atomic mass is 10.3. The first-order valence-corrected chi connectivity index (χ1v) is 4.56. The van der Waals surface area contributed by atoms with E-state index in [9.17, 15) is 5.11 Å². The van der Waals surface area contributed by atoms with Crippen molar-refractivity contribution in [3.8, 4) is 5.75 Å². The molecule has 0 amide bonds. The molecule has 0 spiro atoms. The molecule has 74 valence electrons. The maximum absolute atomic E-state index is 9.20. The van der Waals surface area contributed by atoms with E-state index in [1.165, 1.54) is 0 Å². The van der Waals surface area contributed by atoms with Crippen LogP contribution < -0.4 is 0 Å². The summed E-state index contributed by atoms with van der Waals surface area (Å²) in [5.41, 5.74) is 0. The van der Waals surface area contributed by atoms with Crippen molar-refractivity contribution >= 4 is 67.9 Å². The van der Waals surface area contributed by atoms with Crippen LogP contribution in [0.25, 0.3) is 0 Å². The Morgan fingerprint density at radius 3 is 1.15 bits per heavy atom. The molecule has 0 radical (unpaired) electrons. The molecule has 13 heavy (non-hydrogen) atoms. The second-order valence-corrected chi connectivity index (χ2v) is 3.81. The smallest absolute Gasteiger partial charge is 0.155 e. The minimum absolute atomic E-state index is 0. The highest BCUT2D eigenvalue weighted by Crippen LogP contribution is 2.47. The first kappa shape index (κ1) is 13.9. The minimum Gasteiger partial charge on any atom is -0.505 e. The van der Waals surface area contributed by atoms with Gasteiger partial charge in [-0.25, -0.2) is 0 Å². The fourth-order valence-corrected chi connectivity index (χ4v) is 1.72. The summed E-state index contributed by atoms with van der Waals surface area (Å²) in [4.78, 5) is 0. The lowest BCUT2D eigenvalue weighted by Crippen LogP contribution is -1.78. The van der Waals surface area contributed by atoms with Crippen molar-refractivity contribution in [2.75, 3.05) is 0 Å². The highest BCUT2D eigenvalue weighted by molar-refractivity contribution is 6.92. The number of phenolic OH excluding ortho intramolecular Hbond substituents is 1. The molecule has 0 saturated heterocycles. The van der Waals surface area contributed by atoms with Crippen molar-refractivity contribution < 1.29 is 5.11 Å². The number of aromatic hydroxyl groups is 1. The Labute approximate surface area is 103 Å². The van der Waals surface area contributed by atoms with Gasteiger partial charge < -0.3 is 5.11 Å². The zero-order chi connectivity index (χ0) is 9.46. The first-order chi connectivity index (χ1) is 5.46. The molecule has 1 N–H and O–H groups in total. The van der Waals surface area contributed by atoms with Gasteiger partial charge in [-0.1, -0.05) is 58.0 Å². The topological polar surface area (TPSA) is 20.2 Å². The van der Waals surface area contributed by atoms with Gasteiger partial charge in [0.05, 0.1) is 15.1 Å². The minimum atomic E-state index is -0.363. The molecule has 0 fully saturated rings. The van der Waals surface area contributed by atoms with Gasteiger partial charge in [-0.2, -0.15) is 9.90 Å². The molecular formula is C6H4Cl5OP. The number of rotatable bonds is 0. The number of hydrogen-bond acceptors (Lipinski definition) is 1. The number of benzene rings is 1. The summed E-state index contributed by atoms with van der Waals surface area (Å²) in [6, 6.07) is 0. The van der Waals surface area contributed by atoms with E-state index in [0.29, 0.717) is 0 Å². The van der Waals surface area contributed by atoms with E-state index >= 15 is 0 Å². The van der Waals surface area contributed by atoms with Crippen LogP contribution in [0.2, 0.25) is 25.1 Å². The predicted octanol–water partition coefficient (Wildman–Crippen LogP) is 4.72. The second-order valence-electron chi connectivity index (χ2n) is 1.92. The number of hydrogen-bond donors (Lipinski definition) is 1. The fourth-order valence-electron chi connectivity index (χ4n) is 0.593. The van der Waals surface area contributed by atoms with Gasteiger partial charge in [0, 0.05) is 0 Å². The highest BCUT2D eigenvalue weighted by Gasteiger charge is 2.17. The Balaban J connectivity index is 0.00000144. The van der Waals surface area contributed by atoms with Gasteiger partial charge in [0.25, 0.3) is 0 Å². The fraction of sp³-hybridized carbons (Fsp3) is 0. The Kier molecular flexibility index (Phi) is 5.47. The van der Waals surface area contributed by atoms with E-state index in [-0.39, 0.29) is 40.8 Å². The van der Waals surface area contributed by atoms with Gasteiger partial charge in [-0.15, -0.1) is 0 Å². The van der Waals surface area contributed by atoms with E-state index in [1.54, 1.807) is 0 Å². The Hall–Kier alpha value is 0.900. The SMILES string of the molecule is Oc1c(Cl)c(Cl)c(Cl)c(Cl)c1Cl.P. The molecule has 0 heterocycles. The van der Waals surface area contributed by atoms with Crippen molar-refractivity contribution in [1.29, 1.82) is 0 Å². The number of halogens is 5. The molecule has 0 saturated carbocycles. The lowest BCUT2D eigenvalue weighted by Gasteiger charge is -2.06. The van der Waals surface area contributed by atoms with Crippen LogP contribution in [0.15, 0.2) is 0 Å². The van der Waals surface area contributed by atoms with Gasteiger partial charge in [0.15, 0.2) is 5.75 Å². The van der Waals surface area contributed by atoms with Crippen LogP contribution in [0.1, 0.15) is 0 Å². The van der Waals surface area contributed by atoms with Crippen molar-refractivity contribution in [1.82, 2.24) is 0 Å². The van der Waals surface area contributed by atoms with Crippen LogP contribution in [0.5, 0.6) is 5.75 Å². The molecule has 1 unspecified atom stereocenters. The summed E-state index contributed by atoms with van der Waals surface area (Å²) >= 11 is 27.9. The van der Waals surface area contributed by atoms with E-state index < -0.39 is 0 Å². The van der Waals surface area contributed by atoms with Crippen molar-refractivity contribution in [2.24, 2.45) is 0 Å². The first-order valence-electron chi connectivity index (χ1n) is 2.67. The molecule has 1 nitrogen and oxygen atoms in total. The van der Waals surface area contributed by atoms with Crippen LogP contribution in [-0.4, -0.2) is 5.11 Å². The zero-order valence-corrected chi connectivity index (χ0v) is 11.2. The maximum atomic E-state index is 9.20. The third kappa shape index (κ3) is 2.47. The molecule has 0 aliphatic carbocycles. The standard InChI is InChI=1S/C6HCl5O.H3P/c7-1-2(8)4(10)6(12)5(11)3(1)9;/h12H;1H3. The highest BCUT2D eigenvalue weighted by atomic mass is 35.5. The monoisotopic (exact) mass is 298 g/mol. The van der Waals surface area contributed by atoms with Crippen LogP contribution >= 0.6 is 67.9 Å². The Morgan fingerprint density at radius 2 is 0.846 bits per heavy atom. The molecule has 0 aromatic heterocycles. The molecule has 1 aromatic carbocycles. The third-order valence-corrected chi connectivity index (χ3v) is 3.44. The van der Waals surface area contributed by atoms with E-state index in [2.05, 4.69) is 0 Å². The number of phenols is 1. The second kappa shape index (κ2) is 5.11. The molecule has 1 rings (SSSR count). The summed E-state index contributed by atoms with van der Waals surface area (Å²) in [6.07, 6.45) is 0. The van der Waals surface area contributed by atoms with Crippen molar-refractivity contribution in [2.45, 2.75) is 0 Å². The molecular weight excluding hydrogens is 296 g/mol. The van der Waals surface area contributed by atoms with Gasteiger partial charge in [0.2, 0.25) is 0 Å². The summed E-state index contributed by atoms with van der Waals surface area (Å²) in [5, 5.41) is 9.01. The average molecular weight is 300 g/mol. The molecule has 0 bridgehead atoms. The lowest BCUT2D eigenvalue weighted by molar-refractivity contribution is 0.476. The van der Waals surface area contributed by atoms with Gasteiger partial charge >= 0.3 is 0 Å².